The first kappa shape index (κ1) is 22.4. The monoisotopic (exact) mass is 417 g/mol. The lowest BCUT2D eigenvalue weighted by Gasteiger charge is -2.16. The van der Waals surface area contributed by atoms with Crippen molar-refractivity contribution >= 4 is 34.9 Å². The number of esters is 1. The molecule has 0 heterocycles. The molecule has 0 radical (unpaired) electrons. The highest BCUT2D eigenvalue weighted by Crippen LogP contribution is 2.31. The number of hydrogen-bond acceptors (Lipinski definition) is 5. The number of ketones is 1. The molecule has 2 aromatic carbocycles. The highest BCUT2D eigenvalue weighted by atomic mass is 35.5. The third kappa shape index (κ3) is 6.32. The van der Waals surface area contributed by atoms with Crippen molar-refractivity contribution in [1.82, 2.24) is 0 Å². The Balaban J connectivity index is 1.89. The number of anilines is 1. The van der Waals surface area contributed by atoms with Crippen molar-refractivity contribution < 1.29 is 23.9 Å². The smallest absolute Gasteiger partial charge is 0.307 e. The first-order chi connectivity index (χ1) is 13.7. The summed E-state index contributed by atoms with van der Waals surface area (Å²) in [6.45, 7) is 5.19. The predicted molar refractivity (Wildman–Crippen MR) is 112 cm³/mol. The Kier molecular flexibility index (Phi) is 7.79. The van der Waals surface area contributed by atoms with Crippen LogP contribution < -0.4 is 10.1 Å². The first-order valence-corrected chi connectivity index (χ1v) is 9.53. The second-order valence-electron chi connectivity index (χ2n) is 6.71. The normalized spacial score (nSPS) is 11.5. The number of methoxy groups -OCH3 is 1. The van der Waals surface area contributed by atoms with Gasteiger partial charge >= 0.3 is 5.97 Å². The van der Waals surface area contributed by atoms with Crippen LogP contribution in [-0.2, 0) is 14.3 Å². The summed E-state index contributed by atoms with van der Waals surface area (Å²) in [5.74, 6) is -0.882. The molecule has 6 nitrogen and oxygen atoms in total. The molecular weight excluding hydrogens is 394 g/mol. The molecule has 1 N–H and O–H groups in total. The Morgan fingerprint density at radius 1 is 1.07 bits per heavy atom. The van der Waals surface area contributed by atoms with Crippen LogP contribution in [0, 0.1) is 13.8 Å². The van der Waals surface area contributed by atoms with Crippen LogP contribution in [0.5, 0.6) is 5.75 Å². The first-order valence-electron chi connectivity index (χ1n) is 9.15. The van der Waals surface area contributed by atoms with Gasteiger partial charge in [0, 0.05) is 23.1 Å². The predicted octanol–water partition coefficient (Wildman–Crippen LogP) is 4.50. The zero-order chi connectivity index (χ0) is 21.6. The summed E-state index contributed by atoms with van der Waals surface area (Å²) in [4.78, 5) is 36.5. The molecule has 7 heteroatoms. The summed E-state index contributed by atoms with van der Waals surface area (Å²) in [7, 11) is 1.46. The van der Waals surface area contributed by atoms with Gasteiger partial charge in [-0.3, -0.25) is 14.4 Å². The zero-order valence-corrected chi connectivity index (χ0v) is 17.6. The number of amides is 1. The number of Topliss-reactive ketones (excluding diaryl/α,β-unsaturated/α-hetero) is 1. The van der Waals surface area contributed by atoms with Gasteiger partial charge < -0.3 is 14.8 Å². The average Bonchev–Trinajstić information content (AvgIpc) is 2.69. The van der Waals surface area contributed by atoms with Crippen LogP contribution in [0.15, 0.2) is 36.4 Å². The van der Waals surface area contributed by atoms with E-state index in [0.717, 1.165) is 11.1 Å². The fourth-order valence-electron chi connectivity index (χ4n) is 2.57. The average molecular weight is 418 g/mol. The quantitative estimate of drug-likeness (QED) is 0.505. The van der Waals surface area contributed by atoms with E-state index in [0.29, 0.717) is 22.0 Å². The molecule has 29 heavy (non-hydrogen) atoms. The third-order valence-electron chi connectivity index (χ3n) is 4.35. The Bertz CT molecular complexity index is 908. The summed E-state index contributed by atoms with van der Waals surface area (Å²) in [6.07, 6.45) is -1.12. The molecule has 0 bridgehead atoms. The van der Waals surface area contributed by atoms with Crippen molar-refractivity contribution in [2.24, 2.45) is 0 Å². The largest absolute Gasteiger partial charge is 0.495 e. The van der Waals surface area contributed by atoms with Crippen molar-refractivity contribution in [3.63, 3.8) is 0 Å². The molecule has 0 aliphatic heterocycles. The van der Waals surface area contributed by atoms with Crippen LogP contribution in [0.3, 0.4) is 0 Å². The van der Waals surface area contributed by atoms with E-state index in [1.165, 1.54) is 14.0 Å². The molecular formula is C22H24ClNO5. The Morgan fingerprint density at radius 3 is 2.34 bits per heavy atom. The van der Waals surface area contributed by atoms with Gasteiger partial charge in [0.05, 0.1) is 19.2 Å². The van der Waals surface area contributed by atoms with Crippen molar-refractivity contribution in [3.05, 3.63) is 58.1 Å². The number of carbonyl (C=O) groups is 3. The van der Waals surface area contributed by atoms with Crippen molar-refractivity contribution in [2.45, 2.75) is 39.7 Å². The summed E-state index contributed by atoms with van der Waals surface area (Å²) in [6, 6.07) is 10.4. The Hall–Kier alpha value is -2.86. The van der Waals surface area contributed by atoms with E-state index < -0.39 is 18.0 Å². The molecule has 1 atom stereocenters. The number of rotatable bonds is 8. The number of nitrogens with one attached hydrogen (secondary N) is 1. The minimum atomic E-state index is -1.03. The number of halogens is 1. The highest BCUT2D eigenvalue weighted by Gasteiger charge is 2.20. The maximum absolute atomic E-state index is 12.4. The standard InChI is InChI=1S/C22H24ClNO5/c1-13-5-7-16(8-6-13)19(25)9-10-21(26)29-15(3)22(27)24-18-11-14(2)17(23)12-20(18)28-4/h5-8,11-12,15H,9-10H2,1-4H3,(H,24,27)/t15-/m1/s1. The van der Waals surface area contributed by atoms with Gasteiger partial charge in [-0.2, -0.15) is 0 Å². The maximum Gasteiger partial charge on any atom is 0.307 e. The lowest BCUT2D eigenvalue weighted by atomic mass is 10.1. The molecule has 0 aliphatic carbocycles. The number of carbonyl (C=O) groups excluding carboxylic acids is 3. The Labute approximate surface area is 175 Å². The number of aryl methyl sites for hydroxylation is 2. The molecule has 1 amide bonds. The van der Waals surface area contributed by atoms with Crippen LogP contribution in [0.1, 0.15) is 41.3 Å². The number of ether oxygens (including phenoxy) is 2. The van der Waals surface area contributed by atoms with Crippen LogP contribution in [0.2, 0.25) is 5.02 Å². The van der Waals surface area contributed by atoms with Crippen LogP contribution in [0.25, 0.3) is 0 Å². The lowest BCUT2D eigenvalue weighted by molar-refractivity contribution is -0.153. The molecule has 0 saturated heterocycles. The van der Waals surface area contributed by atoms with Crippen molar-refractivity contribution in [2.75, 3.05) is 12.4 Å². The van der Waals surface area contributed by atoms with Crippen LogP contribution in [-0.4, -0.2) is 30.9 Å². The van der Waals surface area contributed by atoms with E-state index in [1.54, 1.807) is 31.2 Å². The lowest BCUT2D eigenvalue weighted by Crippen LogP contribution is -2.30. The number of benzene rings is 2. The van der Waals surface area contributed by atoms with E-state index in [1.807, 2.05) is 19.1 Å². The van der Waals surface area contributed by atoms with Gasteiger partial charge in [-0.25, -0.2) is 0 Å². The molecule has 0 spiro atoms. The molecule has 0 saturated carbocycles. The summed E-state index contributed by atoms with van der Waals surface area (Å²) < 4.78 is 10.4. The molecule has 0 fully saturated rings. The topological polar surface area (TPSA) is 81.7 Å². The van der Waals surface area contributed by atoms with Gasteiger partial charge in [0.1, 0.15) is 5.75 Å². The molecule has 0 aromatic heterocycles. The van der Waals surface area contributed by atoms with E-state index in [-0.39, 0.29) is 18.6 Å². The van der Waals surface area contributed by atoms with E-state index in [2.05, 4.69) is 5.32 Å². The minimum Gasteiger partial charge on any atom is -0.495 e. The second kappa shape index (κ2) is 10.1. The van der Waals surface area contributed by atoms with Gasteiger partial charge in [-0.1, -0.05) is 41.4 Å². The maximum atomic E-state index is 12.4. The SMILES string of the molecule is COc1cc(Cl)c(C)cc1NC(=O)[C@@H](C)OC(=O)CCC(=O)c1ccc(C)cc1. The van der Waals surface area contributed by atoms with E-state index in [9.17, 15) is 14.4 Å². The van der Waals surface area contributed by atoms with E-state index in [4.69, 9.17) is 21.1 Å². The Morgan fingerprint density at radius 2 is 1.72 bits per heavy atom. The molecule has 2 rings (SSSR count). The molecule has 154 valence electrons. The second-order valence-corrected chi connectivity index (χ2v) is 7.12. The highest BCUT2D eigenvalue weighted by molar-refractivity contribution is 6.31. The zero-order valence-electron chi connectivity index (χ0n) is 16.9. The van der Waals surface area contributed by atoms with Gasteiger partial charge in [-0.05, 0) is 32.4 Å². The van der Waals surface area contributed by atoms with Crippen LogP contribution in [0.4, 0.5) is 5.69 Å². The molecule has 0 aliphatic rings. The summed E-state index contributed by atoms with van der Waals surface area (Å²) >= 11 is 6.06. The summed E-state index contributed by atoms with van der Waals surface area (Å²) in [5.41, 5.74) is 2.78. The summed E-state index contributed by atoms with van der Waals surface area (Å²) in [5, 5.41) is 3.18. The fourth-order valence-corrected chi connectivity index (χ4v) is 2.73. The van der Waals surface area contributed by atoms with Crippen molar-refractivity contribution in [1.29, 1.82) is 0 Å². The van der Waals surface area contributed by atoms with Gasteiger partial charge in [0.25, 0.3) is 5.91 Å². The molecule has 2 aromatic rings. The number of hydrogen-bond donors (Lipinski definition) is 1. The van der Waals surface area contributed by atoms with Gasteiger partial charge in [-0.15, -0.1) is 0 Å². The third-order valence-corrected chi connectivity index (χ3v) is 4.75. The van der Waals surface area contributed by atoms with Gasteiger partial charge in [0.2, 0.25) is 0 Å². The van der Waals surface area contributed by atoms with Crippen molar-refractivity contribution in [3.8, 4) is 5.75 Å². The van der Waals surface area contributed by atoms with E-state index >= 15 is 0 Å². The fraction of sp³-hybridized carbons (Fsp3) is 0.318. The minimum absolute atomic E-state index is 0.0143. The van der Waals surface area contributed by atoms with Gasteiger partial charge in [0.15, 0.2) is 11.9 Å². The van der Waals surface area contributed by atoms with Crippen LogP contribution >= 0.6 is 11.6 Å². The molecule has 0 unspecified atom stereocenters.